The topological polar surface area (TPSA) is 17.0 Å². The standard InChI is InChI=1S/C16H22N2/c1-10-6-11(2)14-12(7-10)18(5)13-8-17-9-16(3,4)15(13)14/h6-7,17H,8-9H2,1-5H3. The van der Waals surface area contributed by atoms with Crippen LogP contribution >= 0.6 is 0 Å². The second-order valence-electron chi connectivity index (χ2n) is 6.34. The van der Waals surface area contributed by atoms with Gasteiger partial charge in [-0.25, -0.2) is 0 Å². The number of nitrogens with zero attached hydrogens (tertiary/aromatic N) is 1. The van der Waals surface area contributed by atoms with Gasteiger partial charge in [0.05, 0.1) is 0 Å². The molecule has 2 nitrogen and oxygen atoms in total. The van der Waals surface area contributed by atoms with Gasteiger partial charge in [-0.2, -0.15) is 0 Å². The van der Waals surface area contributed by atoms with Gasteiger partial charge in [0.25, 0.3) is 0 Å². The van der Waals surface area contributed by atoms with Crippen molar-refractivity contribution < 1.29 is 0 Å². The van der Waals surface area contributed by atoms with E-state index in [-0.39, 0.29) is 5.41 Å². The van der Waals surface area contributed by atoms with Crippen molar-refractivity contribution in [3.8, 4) is 0 Å². The fourth-order valence-electron chi connectivity index (χ4n) is 3.51. The van der Waals surface area contributed by atoms with Gasteiger partial charge < -0.3 is 9.88 Å². The molecule has 0 amide bonds. The summed E-state index contributed by atoms with van der Waals surface area (Å²) >= 11 is 0. The van der Waals surface area contributed by atoms with E-state index in [9.17, 15) is 0 Å². The van der Waals surface area contributed by atoms with Gasteiger partial charge in [-0.1, -0.05) is 19.9 Å². The molecule has 1 aliphatic heterocycles. The Bertz CT molecular complexity index is 632. The summed E-state index contributed by atoms with van der Waals surface area (Å²) in [4.78, 5) is 0. The predicted molar refractivity (Wildman–Crippen MR) is 77.1 cm³/mol. The molecular formula is C16H22N2. The molecule has 2 heterocycles. The Balaban J connectivity index is 2.48. The van der Waals surface area contributed by atoms with Crippen LogP contribution in [0.3, 0.4) is 0 Å². The zero-order valence-electron chi connectivity index (χ0n) is 12.0. The highest BCUT2D eigenvalue weighted by atomic mass is 15.0. The second kappa shape index (κ2) is 3.61. The van der Waals surface area contributed by atoms with Crippen LogP contribution in [-0.2, 0) is 19.0 Å². The number of fused-ring (bicyclic) bond motifs is 3. The largest absolute Gasteiger partial charge is 0.346 e. The summed E-state index contributed by atoms with van der Waals surface area (Å²) in [5.41, 5.74) is 7.37. The number of rotatable bonds is 0. The average Bonchev–Trinajstić information content (AvgIpc) is 2.54. The Labute approximate surface area is 109 Å². The van der Waals surface area contributed by atoms with Crippen LogP contribution in [0.5, 0.6) is 0 Å². The second-order valence-corrected chi connectivity index (χ2v) is 6.34. The van der Waals surface area contributed by atoms with Gasteiger partial charge >= 0.3 is 0 Å². The van der Waals surface area contributed by atoms with Crippen LogP contribution in [0, 0.1) is 13.8 Å². The lowest BCUT2D eigenvalue weighted by Gasteiger charge is -2.32. The van der Waals surface area contributed by atoms with Gasteiger partial charge in [0, 0.05) is 42.1 Å². The Morgan fingerprint density at radius 1 is 1.22 bits per heavy atom. The van der Waals surface area contributed by atoms with Gasteiger partial charge in [-0.05, 0) is 36.6 Å². The third kappa shape index (κ3) is 1.45. The molecule has 18 heavy (non-hydrogen) atoms. The average molecular weight is 242 g/mol. The molecule has 2 heteroatoms. The number of nitrogens with one attached hydrogen (secondary N) is 1. The van der Waals surface area contributed by atoms with Crippen LogP contribution in [0.2, 0.25) is 0 Å². The van der Waals surface area contributed by atoms with Crippen molar-refractivity contribution in [3.05, 3.63) is 34.5 Å². The molecule has 1 aliphatic rings. The van der Waals surface area contributed by atoms with Crippen LogP contribution in [0.15, 0.2) is 12.1 Å². The quantitative estimate of drug-likeness (QED) is 0.751. The highest BCUT2D eigenvalue weighted by molar-refractivity contribution is 5.90. The highest BCUT2D eigenvalue weighted by Crippen LogP contribution is 2.39. The van der Waals surface area contributed by atoms with Crippen molar-refractivity contribution in [1.29, 1.82) is 0 Å². The molecule has 1 aromatic heterocycles. The normalized spacial score (nSPS) is 18.1. The zero-order chi connectivity index (χ0) is 13.1. The third-order valence-electron chi connectivity index (χ3n) is 4.30. The highest BCUT2D eigenvalue weighted by Gasteiger charge is 2.32. The number of aryl methyl sites for hydroxylation is 3. The molecule has 0 radical (unpaired) electrons. The van der Waals surface area contributed by atoms with Crippen molar-refractivity contribution in [3.63, 3.8) is 0 Å². The van der Waals surface area contributed by atoms with E-state index < -0.39 is 0 Å². The van der Waals surface area contributed by atoms with Crippen LogP contribution in [-0.4, -0.2) is 11.1 Å². The molecule has 3 rings (SSSR count). The molecule has 0 atom stereocenters. The molecule has 2 aromatic rings. The monoisotopic (exact) mass is 242 g/mol. The molecular weight excluding hydrogens is 220 g/mol. The molecule has 0 bridgehead atoms. The summed E-state index contributed by atoms with van der Waals surface area (Å²) in [6.07, 6.45) is 0. The molecule has 1 N–H and O–H groups in total. The van der Waals surface area contributed by atoms with Gasteiger partial charge in [-0.3, -0.25) is 0 Å². The lowest BCUT2D eigenvalue weighted by Crippen LogP contribution is -2.38. The number of benzene rings is 1. The first-order valence-corrected chi connectivity index (χ1v) is 6.71. The minimum Gasteiger partial charge on any atom is -0.346 e. The van der Waals surface area contributed by atoms with Crippen LogP contribution < -0.4 is 5.32 Å². The Hall–Kier alpha value is -1.28. The SMILES string of the molecule is Cc1cc(C)c2c3c(n(C)c2c1)CNCC3(C)C. The first-order chi connectivity index (χ1) is 8.42. The molecule has 0 fully saturated rings. The fraction of sp³-hybridized carbons (Fsp3) is 0.500. The van der Waals surface area contributed by atoms with Crippen molar-refractivity contribution in [2.24, 2.45) is 7.05 Å². The third-order valence-corrected chi connectivity index (χ3v) is 4.30. The Morgan fingerprint density at radius 2 is 1.94 bits per heavy atom. The summed E-state index contributed by atoms with van der Waals surface area (Å²) in [6, 6.07) is 4.62. The first-order valence-electron chi connectivity index (χ1n) is 6.71. The van der Waals surface area contributed by atoms with E-state index in [2.05, 4.69) is 56.8 Å². The first kappa shape index (κ1) is 11.8. The molecule has 1 aromatic carbocycles. The summed E-state index contributed by atoms with van der Waals surface area (Å²) in [6.45, 7) is 11.2. The van der Waals surface area contributed by atoms with Crippen molar-refractivity contribution in [2.45, 2.75) is 39.7 Å². The van der Waals surface area contributed by atoms with E-state index in [4.69, 9.17) is 0 Å². The summed E-state index contributed by atoms with van der Waals surface area (Å²) in [7, 11) is 2.20. The van der Waals surface area contributed by atoms with Gasteiger partial charge in [-0.15, -0.1) is 0 Å². The maximum atomic E-state index is 3.55. The minimum atomic E-state index is 0.215. The van der Waals surface area contributed by atoms with Crippen LogP contribution in [0.25, 0.3) is 10.9 Å². The van der Waals surface area contributed by atoms with Crippen molar-refractivity contribution >= 4 is 10.9 Å². The van der Waals surface area contributed by atoms with Gasteiger partial charge in [0.1, 0.15) is 0 Å². The Kier molecular flexibility index (Phi) is 2.36. The van der Waals surface area contributed by atoms with Crippen molar-refractivity contribution in [2.75, 3.05) is 6.54 Å². The molecule has 96 valence electrons. The van der Waals surface area contributed by atoms with Gasteiger partial charge in [0.15, 0.2) is 0 Å². The molecule has 0 spiro atoms. The van der Waals surface area contributed by atoms with E-state index in [1.807, 2.05) is 0 Å². The predicted octanol–water partition coefficient (Wildman–Crippen LogP) is 3.18. The summed E-state index contributed by atoms with van der Waals surface area (Å²) in [5, 5.41) is 5.02. The maximum Gasteiger partial charge on any atom is 0.0488 e. The van der Waals surface area contributed by atoms with E-state index in [1.54, 1.807) is 5.56 Å². The Morgan fingerprint density at radius 3 is 2.67 bits per heavy atom. The fourth-order valence-corrected chi connectivity index (χ4v) is 3.51. The number of hydrogen-bond donors (Lipinski definition) is 1. The lowest BCUT2D eigenvalue weighted by atomic mass is 9.79. The van der Waals surface area contributed by atoms with Crippen molar-refractivity contribution in [1.82, 2.24) is 9.88 Å². The summed E-state index contributed by atoms with van der Waals surface area (Å²) < 4.78 is 2.37. The number of hydrogen-bond acceptors (Lipinski definition) is 1. The van der Waals surface area contributed by atoms with Crippen LogP contribution in [0.4, 0.5) is 0 Å². The summed E-state index contributed by atoms with van der Waals surface area (Å²) in [5.74, 6) is 0. The molecule has 0 aliphatic carbocycles. The lowest BCUT2D eigenvalue weighted by molar-refractivity contribution is 0.429. The zero-order valence-corrected chi connectivity index (χ0v) is 12.0. The van der Waals surface area contributed by atoms with E-state index in [0.717, 1.165) is 13.1 Å². The maximum absolute atomic E-state index is 3.55. The smallest absolute Gasteiger partial charge is 0.0488 e. The molecule has 0 saturated heterocycles. The van der Waals surface area contributed by atoms with E-state index in [1.165, 1.54) is 27.7 Å². The van der Waals surface area contributed by atoms with E-state index >= 15 is 0 Å². The van der Waals surface area contributed by atoms with E-state index in [0.29, 0.717) is 0 Å². The molecule has 0 unspecified atom stereocenters. The number of aromatic nitrogens is 1. The minimum absolute atomic E-state index is 0.215. The molecule has 0 saturated carbocycles. The van der Waals surface area contributed by atoms with Gasteiger partial charge in [0.2, 0.25) is 0 Å². The van der Waals surface area contributed by atoms with Crippen LogP contribution in [0.1, 0.15) is 36.2 Å².